The van der Waals surface area contributed by atoms with Crippen LogP contribution in [0.4, 0.5) is 5.69 Å². The Balaban J connectivity index is 1.88. The van der Waals surface area contributed by atoms with Gasteiger partial charge in [-0.2, -0.15) is 5.10 Å². The van der Waals surface area contributed by atoms with Crippen molar-refractivity contribution in [3.05, 3.63) is 12.4 Å². The van der Waals surface area contributed by atoms with Gasteiger partial charge in [0.2, 0.25) is 5.91 Å². The van der Waals surface area contributed by atoms with Gasteiger partial charge in [0, 0.05) is 19.3 Å². The first-order chi connectivity index (χ1) is 7.69. The lowest BCUT2D eigenvalue weighted by Crippen LogP contribution is -2.23. The molecule has 16 heavy (non-hydrogen) atoms. The lowest BCUT2D eigenvalue weighted by atomic mass is 10.2. The van der Waals surface area contributed by atoms with Crippen molar-refractivity contribution < 1.29 is 4.79 Å². The summed E-state index contributed by atoms with van der Waals surface area (Å²) in [7, 11) is 1.63. The van der Waals surface area contributed by atoms with Crippen LogP contribution in [0.1, 0.15) is 19.8 Å². The Morgan fingerprint density at radius 3 is 3.06 bits per heavy atom. The number of nitrogens with zero attached hydrogens (tertiary/aromatic N) is 2. The molecule has 0 saturated heterocycles. The van der Waals surface area contributed by atoms with Crippen molar-refractivity contribution in [3.8, 4) is 0 Å². The van der Waals surface area contributed by atoms with Gasteiger partial charge in [-0.15, -0.1) is 0 Å². The van der Waals surface area contributed by atoms with Gasteiger partial charge in [-0.3, -0.25) is 9.48 Å². The second kappa shape index (κ2) is 4.55. The smallest absolute Gasteiger partial charge is 0.241 e. The largest absolute Gasteiger partial charge is 0.380 e. The molecule has 88 valence electrons. The predicted molar refractivity (Wildman–Crippen MR) is 62.1 cm³/mol. The summed E-state index contributed by atoms with van der Waals surface area (Å²) in [4.78, 5) is 11.1. The minimum absolute atomic E-state index is 0.0371. The summed E-state index contributed by atoms with van der Waals surface area (Å²) in [6.45, 7) is 2.46. The quantitative estimate of drug-likeness (QED) is 0.776. The van der Waals surface area contributed by atoms with Gasteiger partial charge in [0.25, 0.3) is 0 Å². The van der Waals surface area contributed by atoms with Crippen molar-refractivity contribution in [2.24, 2.45) is 5.92 Å². The number of carbonyl (C=O) groups is 1. The molecule has 1 aromatic heterocycles. The molecule has 5 nitrogen and oxygen atoms in total. The zero-order chi connectivity index (χ0) is 11.5. The van der Waals surface area contributed by atoms with E-state index in [0.29, 0.717) is 6.04 Å². The van der Waals surface area contributed by atoms with Crippen LogP contribution < -0.4 is 10.6 Å². The van der Waals surface area contributed by atoms with E-state index >= 15 is 0 Å². The van der Waals surface area contributed by atoms with Gasteiger partial charge >= 0.3 is 0 Å². The van der Waals surface area contributed by atoms with E-state index in [1.165, 1.54) is 12.8 Å². The van der Waals surface area contributed by atoms with Gasteiger partial charge in [-0.1, -0.05) is 0 Å². The highest BCUT2D eigenvalue weighted by atomic mass is 16.1. The van der Waals surface area contributed by atoms with Crippen LogP contribution in [-0.2, 0) is 11.3 Å². The summed E-state index contributed by atoms with van der Waals surface area (Å²) < 4.78 is 1.64. The summed E-state index contributed by atoms with van der Waals surface area (Å²) in [6.07, 6.45) is 6.27. The maximum atomic E-state index is 11.1. The van der Waals surface area contributed by atoms with Crippen LogP contribution in [0, 0.1) is 5.92 Å². The van der Waals surface area contributed by atoms with Crippen molar-refractivity contribution in [2.45, 2.75) is 32.4 Å². The lowest BCUT2D eigenvalue weighted by molar-refractivity contribution is -0.121. The number of nitrogens with one attached hydrogen (secondary N) is 2. The molecular formula is C11H18N4O. The number of hydrogen-bond donors (Lipinski definition) is 2. The first-order valence-corrected chi connectivity index (χ1v) is 5.68. The van der Waals surface area contributed by atoms with Gasteiger partial charge in [0.15, 0.2) is 0 Å². The molecule has 0 aromatic carbocycles. The minimum atomic E-state index is -0.0371. The summed E-state index contributed by atoms with van der Waals surface area (Å²) in [5.74, 6) is 0.771. The fourth-order valence-electron chi connectivity index (χ4n) is 1.73. The molecule has 0 spiro atoms. The fourth-order valence-corrected chi connectivity index (χ4v) is 1.73. The molecule has 1 fully saturated rings. The molecule has 1 saturated carbocycles. The molecule has 2 rings (SSSR count). The van der Waals surface area contributed by atoms with Gasteiger partial charge in [-0.05, 0) is 25.7 Å². The number of likely N-dealkylation sites (N-methyl/N-ethyl adjacent to an activating group) is 1. The van der Waals surface area contributed by atoms with E-state index in [-0.39, 0.29) is 12.5 Å². The number of carbonyl (C=O) groups excluding carboxylic acids is 1. The average Bonchev–Trinajstić information content (AvgIpc) is 3.03. The van der Waals surface area contributed by atoms with E-state index in [1.54, 1.807) is 17.9 Å². The van der Waals surface area contributed by atoms with Crippen LogP contribution in [0.15, 0.2) is 12.4 Å². The molecule has 1 amide bonds. The SMILES string of the molecule is CNC(=O)Cn1cc(NC(C)C2CC2)cn1. The molecule has 2 N–H and O–H groups in total. The third-order valence-corrected chi connectivity index (χ3v) is 2.94. The summed E-state index contributed by atoms with van der Waals surface area (Å²) in [6, 6.07) is 0.498. The second-order valence-corrected chi connectivity index (χ2v) is 4.37. The fraction of sp³-hybridized carbons (Fsp3) is 0.636. The number of hydrogen-bond acceptors (Lipinski definition) is 3. The Morgan fingerprint density at radius 1 is 1.69 bits per heavy atom. The predicted octanol–water partition coefficient (Wildman–Crippen LogP) is 0.839. The molecule has 0 bridgehead atoms. The molecule has 0 radical (unpaired) electrons. The topological polar surface area (TPSA) is 59.0 Å². The van der Waals surface area contributed by atoms with E-state index in [1.807, 2.05) is 6.20 Å². The highest BCUT2D eigenvalue weighted by Gasteiger charge is 2.27. The Bertz CT molecular complexity index is 370. The van der Waals surface area contributed by atoms with Crippen molar-refractivity contribution in [3.63, 3.8) is 0 Å². The van der Waals surface area contributed by atoms with Crippen LogP contribution in [0.5, 0.6) is 0 Å². The van der Waals surface area contributed by atoms with Crippen LogP contribution in [0.3, 0.4) is 0 Å². The van der Waals surface area contributed by atoms with Crippen LogP contribution in [-0.4, -0.2) is 28.8 Å². The van der Waals surface area contributed by atoms with Crippen molar-refractivity contribution in [2.75, 3.05) is 12.4 Å². The molecule has 1 aliphatic rings. The first-order valence-electron chi connectivity index (χ1n) is 5.68. The zero-order valence-electron chi connectivity index (χ0n) is 9.73. The second-order valence-electron chi connectivity index (χ2n) is 4.37. The third-order valence-electron chi connectivity index (χ3n) is 2.94. The van der Waals surface area contributed by atoms with E-state index in [0.717, 1.165) is 11.6 Å². The number of rotatable bonds is 5. The van der Waals surface area contributed by atoms with Crippen LogP contribution in [0.2, 0.25) is 0 Å². The van der Waals surface area contributed by atoms with E-state index in [9.17, 15) is 4.79 Å². The monoisotopic (exact) mass is 222 g/mol. The Morgan fingerprint density at radius 2 is 2.44 bits per heavy atom. The summed E-state index contributed by atoms with van der Waals surface area (Å²) in [5, 5.41) is 10.1. The van der Waals surface area contributed by atoms with Crippen LogP contribution in [0.25, 0.3) is 0 Å². The Hall–Kier alpha value is -1.52. The van der Waals surface area contributed by atoms with Gasteiger partial charge in [0.1, 0.15) is 6.54 Å². The maximum absolute atomic E-state index is 11.1. The van der Waals surface area contributed by atoms with Gasteiger partial charge in [-0.25, -0.2) is 0 Å². The summed E-state index contributed by atoms with van der Waals surface area (Å²) in [5.41, 5.74) is 0.989. The molecule has 1 aliphatic carbocycles. The van der Waals surface area contributed by atoms with Crippen molar-refractivity contribution >= 4 is 11.6 Å². The molecule has 0 aliphatic heterocycles. The standard InChI is InChI=1S/C11H18N4O/c1-8(9-3-4-9)14-10-5-13-15(6-10)7-11(16)12-2/h5-6,8-9,14H,3-4,7H2,1-2H3,(H,12,16). The van der Waals surface area contributed by atoms with Crippen LogP contribution >= 0.6 is 0 Å². The molecule has 1 atom stereocenters. The molecule has 1 heterocycles. The van der Waals surface area contributed by atoms with E-state index in [2.05, 4.69) is 22.7 Å². The van der Waals surface area contributed by atoms with Gasteiger partial charge < -0.3 is 10.6 Å². The highest BCUT2D eigenvalue weighted by molar-refractivity contribution is 5.75. The number of anilines is 1. The molecular weight excluding hydrogens is 204 g/mol. The molecule has 1 aromatic rings. The lowest BCUT2D eigenvalue weighted by Gasteiger charge is -2.11. The average molecular weight is 222 g/mol. The van der Waals surface area contributed by atoms with E-state index < -0.39 is 0 Å². The molecule has 5 heteroatoms. The normalized spacial score (nSPS) is 16.9. The highest BCUT2D eigenvalue weighted by Crippen LogP contribution is 2.33. The van der Waals surface area contributed by atoms with E-state index in [4.69, 9.17) is 0 Å². The maximum Gasteiger partial charge on any atom is 0.241 e. The van der Waals surface area contributed by atoms with Gasteiger partial charge in [0.05, 0.1) is 11.9 Å². The molecule has 1 unspecified atom stereocenters. The Kier molecular flexibility index (Phi) is 3.12. The number of aromatic nitrogens is 2. The van der Waals surface area contributed by atoms with Crippen molar-refractivity contribution in [1.82, 2.24) is 15.1 Å². The third kappa shape index (κ3) is 2.74. The zero-order valence-corrected chi connectivity index (χ0v) is 9.73. The van der Waals surface area contributed by atoms with Crippen molar-refractivity contribution in [1.29, 1.82) is 0 Å². The number of amides is 1. The summed E-state index contributed by atoms with van der Waals surface area (Å²) >= 11 is 0. The first kappa shape index (κ1) is 11.0. The minimum Gasteiger partial charge on any atom is -0.380 e. The Labute approximate surface area is 95.2 Å².